The SMILES string of the molecule is Cc1nc2cc(-c3nc(C(C)O)c(C(F)(F)F)s3)c(N)cc2c(=O)n1Cc1ccc(Cl)cc1. The van der Waals surface area contributed by atoms with Gasteiger partial charge in [-0.1, -0.05) is 23.7 Å². The van der Waals surface area contributed by atoms with Gasteiger partial charge in [0, 0.05) is 16.3 Å². The van der Waals surface area contributed by atoms with Gasteiger partial charge in [0.05, 0.1) is 29.2 Å². The predicted octanol–water partition coefficient (Wildman–Crippen LogP) is 5.18. The Kier molecular flexibility index (Phi) is 5.94. The number of aryl methyl sites for hydroxylation is 1. The Balaban J connectivity index is 1.83. The summed E-state index contributed by atoms with van der Waals surface area (Å²) in [4.78, 5) is 20.6. The van der Waals surface area contributed by atoms with Gasteiger partial charge < -0.3 is 10.8 Å². The molecule has 0 amide bonds. The van der Waals surface area contributed by atoms with Crippen LogP contribution in [0.15, 0.2) is 41.2 Å². The van der Waals surface area contributed by atoms with E-state index in [2.05, 4.69) is 9.97 Å². The number of thiazole rings is 1. The molecule has 0 saturated heterocycles. The number of aromatic nitrogens is 3. The monoisotopic (exact) mass is 494 g/mol. The topological polar surface area (TPSA) is 94.0 Å². The van der Waals surface area contributed by atoms with Gasteiger partial charge in [-0.05, 0) is 43.7 Å². The lowest BCUT2D eigenvalue weighted by atomic mass is 10.1. The molecule has 0 aliphatic rings. The fourth-order valence-electron chi connectivity index (χ4n) is 3.47. The number of alkyl halides is 3. The van der Waals surface area contributed by atoms with Crippen LogP contribution in [0.25, 0.3) is 21.5 Å². The molecule has 4 aromatic rings. The van der Waals surface area contributed by atoms with Crippen molar-refractivity contribution < 1.29 is 18.3 Å². The summed E-state index contributed by atoms with van der Waals surface area (Å²) in [6.45, 7) is 3.15. The number of nitrogens with zero attached hydrogens (tertiary/aromatic N) is 3. The number of nitrogen functional groups attached to an aromatic ring is 1. The predicted molar refractivity (Wildman–Crippen MR) is 122 cm³/mol. The molecular formula is C22H18ClF3N4O2S. The highest BCUT2D eigenvalue weighted by molar-refractivity contribution is 7.15. The first kappa shape index (κ1) is 23.2. The summed E-state index contributed by atoms with van der Waals surface area (Å²) in [6.07, 6.45) is -6.08. The van der Waals surface area contributed by atoms with Gasteiger partial charge in [-0.3, -0.25) is 9.36 Å². The van der Waals surface area contributed by atoms with Crippen molar-refractivity contribution >= 4 is 39.5 Å². The molecule has 2 heterocycles. The molecule has 0 bridgehead atoms. The van der Waals surface area contributed by atoms with Crippen LogP contribution in [0.1, 0.15) is 35.0 Å². The molecule has 4 rings (SSSR count). The molecule has 172 valence electrons. The summed E-state index contributed by atoms with van der Waals surface area (Å²) in [7, 11) is 0. The Morgan fingerprint density at radius 1 is 1.21 bits per heavy atom. The number of rotatable bonds is 4. The molecular weight excluding hydrogens is 477 g/mol. The average Bonchev–Trinajstić information content (AvgIpc) is 3.19. The van der Waals surface area contributed by atoms with Crippen LogP contribution in [0.4, 0.5) is 18.9 Å². The number of fused-ring (bicyclic) bond motifs is 1. The fraction of sp³-hybridized carbons (Fsp3) is 0.227. The number of benzene rings is 2. The quantitative estimate of drug-likeness (QED) is 0.381. The molecule has 6 nitrogen and oxygen atoms in total. The summed E-state index contributed by atoms with van der Waals surface area (Å²) in [5, 5.41) is 10.6. The fourth-order valence-corrected chi connectivity index (χ4v) is 4.66. The molecule has 1 atom stereocenters. The Labute approximate surface area is 195 Å². The van der Waals surface area contributed by atoms with Crippen LogP contribution in [0.3, 0.4) is 0 Å². The minimum Gasteiger partial charge on any atom is -0.398 e. The summed E-state index contributed by atoms with van der Waals surface area (Å²) >= 11 is 6.30. The zero-order valence-electron chi connectivity index (χ0n) is 17.4. The van der Waals surface area contributed by atoms with Crippen LogP contribution in [-0.4, -0.2) is 19.6 Å². The van der Waals surface area contributed by atoms with Crippen molar-refractivity contribution in [3.05, 3.63) is 73.7 Å². The van der Waals surface area contributed by atoms with Crippen LogP contribution in [-0.2, 0) is 12.7 Å². The van der Waals surface area contributed by atoms with Gasteiger partial charge in [0.25, 0.3) is 5.56 Å². The number of aliphatic hydroxyl groups is 1. The molecule has 33 heavy (non-hydrogen) atoms. The third-order valence-corrected chi connectivity index (χ3v) is 6.51. The second-order valence-corrected chi connectivity index (χ2v) is 8.98. The number of aliphatic hydroxyl groups excluding tert-OH is 1. The zero-order valence-corrected chi connectivity index (χ0v) is 19.0. The first-order valence-electron chi connectivity index (χ1n) is 9.77. The maximum Gasteiger partial charge on any atom is 0.427 e. The van der Waals surface area contributed by atoms with Crippen molar-refractivity contribution in [3.8, 4) is 10.6 Å². The van der Waals surface area contributed by atoms with E-state index in [1.165, 1.54) is 23.6 Å². The smallest absolute Gasteiger partial charge is 0.398 e. The average molecular weight is 495 g/mol. The van der Waals surface area contributed by atoms with Crippen molar-refractivity contribution in [3.63, 3.8) is 0 Å². The van der Waals surface area contributed by atoms with Gasteiger partial charge in [-0.25, -0.2) is 9.97 Å². The van der Waals surface area contributed by atoms with E-state index in [-0.39, 0.29) is 39.3 Å². The number of hydrogen-bond donors (Lipinski definition) is 2. The van der Waals surface area contributed by atoms with Crippen molar-refractivity contribution in [2.45, 2.75) is 32.7 Å². The van der Waals surface area contributed by atoms with E-state index < -0.39 is 22.9 Å². The standard InChI is InChI=1S/C22H18ClF3N4O2S/c1-10(31)18-19(22(24,25)26)33-20(29-18)14-8-17-15(7-16(14)27)21(32)30(11(2)28-17)9-12-3-5-13(23)6-4-12/h3-8,10,31H,9,27H2,1-2H3. The van der Waals surface area contributed by atoms with E-state index >= 15 is 0 Å². The van der Waals surface area contributed by atoms with Gasteiger partial charge in [0.1, 0.15) is 15.7 Å². The number of nitrogens with two attached hydrogens (primary N) is 1. The van der Waals surface area contributed by atoms with Gasteiger partial charge in [0.15, 0.2) is 0 Å². The summed E-state index contributed by atoms with van der Waals surface area (Å²) in [5.74, 6) is 0.429. The molecule has 0 spiro atoms. The summed E-state index contributed by atoms with van der Waals surface area (Å²) < 4.78 is 41.7. The minimum absolute atomic E-state index is 0.0116. The number of halogens is 4. The number of hydrogen-bond acceptors (Lipinski definition) is 6. The van der Waals surface area contributed by atoms with Gasteiger partial charge in [-0.15, -0.1) is 11.3 Å². The van der Waals surface area contributed by atoms with Crippen molar-refractivity contribution in [2.75, 3.05) is 5.73 Å². The van der Waals surface area contributed by atoms with E-state index in [9.17, 15) is 23.1 Å². The number of anilines is 1. The Hall–Kier alpha value is -2.95. The van der Waals surface area contributed by atoms with Crippen LogP contribution in [0, 0.1) is 6.92 Å². The highest BCUT2D eigenvalue weighted by atomic mass is 35.5. The molecule has 11 heteroatoms. The van der Waals surface area contributed by atoms with Gasteiger partial charge >= 0.3 is 6.18 Å². The normalized spacial score (nSPS) is 12.9. The minimum atomic E-state index is -4.67. The lowest BCUT2D eigenvalue weighted by molar-refractivity contribution is -0.136. The lowest BCUT2D eigenvalue weighted by Gasteiger charge is -2.12. The van der Waals surface area contributed by atoms with Gasteiger partial charge in [-0.2, -0.15) is 13.2 Å². The summed E-state index contributed by atoms with van der Waals surface area (Å²) in [5.41, 5.74) is 6.76. The second kappa shape index (κ2) is 8.44. The molecule has 2 aromatic heterocycles. The lowest BCUT2D eigenvalue weighted by Crippen LogP contribution is -2.24. The highest BCUT2D eigenvalue weighted by Gasteiger charge is 2.38. The maximum absolute atomic E-state index is 13.4. The third kappa shape index (κ3) is 4.46. The molecule has 2 aromatic carbocycles. The van der Waals surface area contributed by atoms with Crippen molar-refractivity contribution in [2.24, 2.45) is 0 Å². The maximum atomic E-state index is 13.4. The van der Waals surface area contributed by atoms with E-state index in [0.29, 0.717) is 22.2 Å². The first-order valence-corrected chi connectivity index (χ1v) is 11.0. The molecule has 0 aliphatic heterocycles. The van der Waals surface area contributed by atoms with E-state index in [1.807, 2.05) is 0 Å². The molecule has 3 N–H and O–H groups in total. The molecule has 1 unspecified atom stereocenters. The second-order valence-electron chi connectivity index (χ2n) is 7.54. The van der Waals surface area contributed by atoms with E-state index in [1.54, 1.807) is 31.2 Å². The summed E-state index contributed by atoms with van der Waals surface area (Å²) in [6, 6.07) is 9.90. The largest absolute Gasteiger partial charge is 0.427 e. The molecule has 0 fully saturated rings. The van der Waals surface area contributed by atoms with Crippen molar-refractivity contribution in [1.29, 1.82) is 0 Å². The van der Waals surface area contributed by atoms with Gasteiger partial charge in [0.2, 0.25) is 0 Å². The Morgan fingerprint density at radius 3 is 2.45 bits per heavy atom. The Bertz CT molecular complexity index is 1410. The first-order chi connectivity index (χ1) is 15.5. The van der Waals surface area contributed by atoms with E-state index in [0.717, 1.165) is 5.56 Å². The molecule has 0 saturated carbocycles. The molecule has 0 radical (unpaired) electrons. The third-order valence-electron chi connectivity index (χ3n) is 5.11. The van der Waals surface area contributed by atoms with Crippen molar-refractivity contribution in [1.82, 2.24) is 14.5 Å². The van der Waals surface area contributed by atoms with Crippen LogP contribution < -0.4 is 11.3 Å². The van der Waals surface area contributed by atoms with Crippen LogP contribution >= 0.6 is 22.9 Å². The van der Waals surface area contributed by atoms with Crippen LogP contribution in [0.2, 0.25) is 5.02 Å². The highest BCUT2D eigenvalue weighted by Crippen LogP contribution is 2.43. The van der Waals surface area contributed by atoms with E-state index in [4.69, 9.17) is 17.3 Å². The molecule has 0 aliphatic carbocycles. The van der Waals surface area contributed by atoms with Crippen LogP contribution in [0.5, 0.6) is 0 Å². The Morgan fingerprint density at radius 2 is 1.88 bits per heavy atom. The zero-order chi connectivity index (χ0) is 24.1.